The van der Waals surface area contributed by atoms with Crippen LogP contribution in [-0.2, 0) is 16.1 Å². The lowest BCUT2D eigenvalue weighted by molar-refractivity contribution is 0.125. The summed E-state index contributed by atoms with van der Waals surface area (Å²) in [6, 6.07) is 10.1. The van der Waals surface area contributed by atoms with Gasteiger partial charge in [-0.2, -0.15) is 0 Å². The highest BCUT2D eigenvalue weighted by atomic mass is 16.5. The second-order valence-electron chi connectivity index (χ2n) is 3.96. The lowest BCUT2D eigenvalue weighted by Crippen LogP contribution is -2.40. The van der Waals surface area contributed by atoms with Gasteiger partial charge in [-0.1, -0.05) is 30.3 Å². The minimum absolute atomic E-state index is 0.637. The topological polar surface area (TPSA) is 54.9 Å². The Hall–Kier alpha value is -1.59. The molecule has 0 aliphatic heterocycles. The molecular weight excluding hydrogens is 242 g/mol. The van der Waals surface area contributed by atoms with Gasteiger partial charge >= 0.3 is 0 Å². The summed E-state index contributed by atoms with van der Waals surface area (Å²) in [4.78, 5) is 4.10. The van der Waals surface area contributed by atoms with Crippen molar-refractivity contribution in [2.45, 2.75) is 6.61 Å². The van der Waals surface area contributed by atoms with Gasteiger partial charge in [-0.15, -0.1) is 0 Å². The van der Waals surface area contributed by atoms with Crippen LogP contribution in [-0.4, -0.2) is 46.4 Å². The summed E-state index contributed by atoms with van der Waals surface area (Å²) in [6.45, 7) is 3.39. The minimum Gasteiger partial charge on any atom is -0.383 e. The second kappa shape index (κ2) is 10.3. The molecule has 19 heavy (non-hydrogen) atoms. The Balaban J connectivity index is 2.06. The average molecular weight is 265 g/mol. The Morgan fingerprint density at radius 2 is 1.79 bits per heavy atom. The normalized spacial score (nSPS) is 11.4. The van der Waals surface area contributed by atoms with Gasteiger partial charge in [-0.05, 0) is 5.56 Å². The van der Waals surface area contributed by atoms with Crippen LogP contribution >= 0.6 is 0 Å². The summed E-state index contributed by atoms with van der Waals surface area (Å²) in [7, 11) is 3.42. The smallest absolute Gasteiger partial charge is 0.191 e. The Labute approximate surface area is 115 Å². The third-order valence-electron chi connectivity index (χ3n) is 2.47. The number of aliphatic imine (C=N–C) groups is 1. The standard InChI is InChI=1S/C14H23N3O2/c1-15-14(16-8-10-18-2)17-9-11-19-12-13-6-4-3-5-7-13/h3-7H,8-12H2,1-2H3,(H2,15,16,17). The molecule has 1 aromatic carbocycles. The van der Waals surface area contributed by atoms with Crippen LogP contribution in [0.2, 0.25) is 0 Å². The number of methoxy groups -OCH3 is 1. The fourth-order valence-corrected chi connectivity index (χ4v) is 1.50. The summed E-state index contributed by atoms with van der Waals surface area (Å²) >= 11 is 0. The Kier molecular flexibility index (Phi) is 8.42. The molecule has 1 rings (SSSR count). The average Bonchev–Trinajstić information content (AvgIpc) is 2.46. The molecule has 0 heterocycles. The highest BCUT2D eigenvalue weighted by Crippen LogP contribution is 1.99. The molecule has 0 atom stereocenters. The molecule has 0 amide bonds. The maximum Gasteiger partial charge on any atom is 0.191 e. The lowest BCUT2D eigenvalue weighted by Gasteiger charge is -2.11. The zero-order chi connectivity index (χ0) is 13.8. The predicted molar refractivity (Wildman–Crippen MR) is 77.3 cm³/mol. The van der Waals surface area contributed by atoms with Gasteiger partial charge in [-0.3, -0.25) is 4.99 Å². The monoisotopic (exact) mass is 265 g/mol. The molecule has 0 unspecified atom stereocenters. The first-order valence-electron chi connectivity index (χ1n) is 6.42. The molecule has 0 fully saturated rings. The van der Waals surface area contributed by atoms with Crippen LogP contribution in [0.1, 0.15) is 5.56 Å². The number of nitrogens with zero attached hydrogens (tertiary/aromatic N) is 1. The summed E-state index contributed by atoms with van der Waals surface area (Å²) in [5, 5.41) is 6.31. The molecule has 0 saturated heterocycles. The molecule has 0 bridgehead atoms. The number of guanidine groups is 1. The molecule has 0 saturated carbocycles. The van der Waals surface area contributed by atoms with Crippen LogP contribution in [0.5, 0.6) is 0 Å². The van der Waals surface area contributed by atoms with Crippen LogP contribution in [0.15, 0.2) is 35.3 Å². The van der Waals surface area contributed by atoms with Gasteiger partial charge in [0.25, 0.3) is 0 Å². The Morgan fingerprint density at radius 1 is 1.11 bits per heavy atom. The molecule has 2 N–H and O–H groups in total. The van der Waals surface area contributed by atoms with E-state index in [0.29, 0.717) is 19.8 Å². The van der Waals surface area contributed by atoms with Gasteiger partial charge in [0, 0.05) is 27.2 Å². The quantitative estimate of drug-likeness (QED) is 0.418. The molecule has 0 spiro atoms. The van der Waals surface area contributed by atoms with E-state index in [2.05, 4.69) is 27.8 Å². The van der Waals surface area contributed by atoms with E-state index >= 15 is 0 Å². The summed E-state index contributed by atoms with van der Waals surface area (Å²) in [6.07, 6.45) is 0. The number of benzene rings is 1. The van der Waals surface area contributed by atoms with Crippen LogP contribution in [0.3, 0.4) is 0 Å². The van der Waals surface area contributed by atoms with Crippen LogP contribution in [0.4, 0.5) is 0 Å². The van der Waals surface area contributed by atoms with Crippen LogP contribution in [0, 0.1) is 0 Å². The largest absolute Gasteiger partial charge is 0.383 e. The second-order valence-corrected chi connectivity index (χ2v) is 3.96. The van der Waals surface area contributed by atoms with Crippen LogP contribution in [0.25, 0.3) is 0 Å². The lowest BCUT2D eigenvalue weighted by atomic mass is 10.2. The number of nitrogens with one attached hydrogen (secondary N) is 2. The van der Waals surface area contributed by atoms with E-state index < -0.39 is 0 Å². The maximum atomic E-state index is 5.57. The van der Waals surface area contributed by atoms with E-state index in [1.165, 1.54) is 5.56 Å². The summed E-state index contributed by atoms with van der Waals surface area (Å²) in [5.74, 6) is 0.764. The molecule has 106 valence electrons. The molecular formula is C14H23N3O2. The van der Waals surface area contributed by atoms with Crippen molar-refractivity contribution in [2.75, 3.05) is 40.5 Å². The van der Waals surface area contributed by atoms with E-state index in [9.17, 15) is 0 Å². The van der Waals surface area contributed by atoms with E-state index in [-0.39, 0.29) is 0 Å². The van der Waals surface area contributed by atoms with E-state index in [1.807, 2.05) is 18.2 Å². The SMILES string of the molecule is CN=C(NCCOC)NCCOCc1ccccc1. The maximum absolute atomic E-state index is 5.57. The van der Waals surface area contributed by atoms with Crippen molar-refractivity contribution in [2.24, 2.45) is 4.99 Å². The number of hydrogen-bond acceptors (Lipinski definition) is 3. The van der Waals surface area contributed by atoms with Gasteiger partial charge in [0.15, 0.2) is 5.96 Å². The number of hydrogen-bond donors (Lipinski definition) is 2. The summed E-state index contributed by atoms with van der Waals surface area (Å²) in [5.41, 5.74) is 1.19. The van der Waals surface area contributed by atoms with Crippen molar-refractivity contribution in [3.63, 3.8) is 0 Å². The van der Waals surface area contributed by atoms with Crippen molar-refractivity contribution in [3.05, 3.63) is 35.9 Å². The number of ether oxygens (including phenoxy) is 2. The van der Waals surface area contributed by atoms with Gasteiger partial charge in [0.2, 0.25) is 0 Å². The molecule has 0 aliphatic rings. The van der Waals surface area contributed by atoms with Gasteiger partial charge in [0.05, 0.1) is 19.8 Å². The molecule has 1 aromatic rings. The van der Waals surface area contributed by atoms with E-state index in [4.69, 9.17) is 9.47 Å². The predicted octanol–water partition coefficient (Wildman–Crippen LogP) is 1.01. The van der Waals surface area contributed by atoms with E-state index in [1.54, 1.807) is 14.2 Å². The third-order valence-corrected chi connectivity index (χ3v) is 2.47. The first-order chi connectivity index (χ1) is 9.36. The molecule has 5 heteroatoms. The molecule has 0 aliphatic carbocycles. The van der Waals surface area contributed by atoms with Crippen molar-refractivity contribution < 1.29 is 9.47 Å². The third kappa shape index (κ3) is 7.43. The molecule has 0 aromatic heterocycles. The minimum atomic E-state index is 0.637. The zero-order valence-corrected chi connectivity index (χ0v) is 11.7. The van der Waals surface area contributed by atoms with Crippen molar-refractivity contribution in [1.82, 2.24) is 10.6 Å². The number of rotatable bonds is 8. The summed E-state index contributed by atoms with van der Waals surface area (Å²) < 4.78 is 10.5. The Bertz CT molecular complexity index is 355. The fraction of sp³-hybridized carbons (Fsp3) is 0.500. The first kappa shape index (κ1) is 15.5. The highest BCUT2D eigenvalue weighted by Gasteiger charge is 1.96. The van der Waals surface area contributed by atoms with Gasteiger partial charge < -0.3 is 20.1 Å². The van der Waals surface area contributed by atoms with Crippen molar-refractivity contribution >= 4 is 5.96 Å². The van der Waals surface area contributed by atoms with Crippen molar-refractivity contribution in [1.29, 1.82) is 0 Å². The van der Waals surface area contributed by atoms with Crippen LogP contribution < -0.4 is 10.6 Å². The molecule has 0 radical (unpaired) electrons. The highest BCUT2D eigenvalue weighted by molar-refractivity contribution is 5.79. The first-order valence-corrected chi connectivity index (χ1v) is 6.42. The van der Waals surface area contributed by atoms with Gasteiger partial charge in [0.1, 0.15) is 0 Å². The zero-order valence-electron chi connectivity index (χ0n) is 11.7. The fourth-order valence-electron chi connectivity index (χ4n) is 1.50. The van der Waals surface area contributed by atoms with Gasteiger partial charge in [-0.25, -0.2) is 0 Å². The van der Waals surface area contributed by atoms with Crippen molar-refractivity contribution in [3.8, 4) is 0 Å². The van der Waals surface area contributed by atoms with E-state index in [0.717, 1.165) is 19.0 Å². The molecule has 5 nitrogen and oxygen atoms in total. The Morgan fingerprint density at radius 3 is 2.42 bits per heavy atom.